The molecule has 0 spiro atoms. The van der Waals surface area contributed by atoms with Crippen LogP contribution in [-0.2, 0) is 42.9 Å². The van der Waals surface area contributed by atoms with Crippen LogP contribution < -0.4 is 0 Å². The number of hydrogen-bond donors (Lipinski definition) is 1. The monoisotopic (exact) mass is 536 g/mol. The van der Waals surface area contributed by atoms with Crippen LogP contribution in [0.3, 0.4) is 0 Å². The molecule has 0 aromatic heterocycles. The molecule has 3 fully saturated rings. The van der Waals surface area contributed by atoms with Crippen LogP contribution in [0.25, 0.3) is 0 Å². The summed E-state index contributed by atoms with van der Waals surface area (Å²) in [5, 5.41) is 11.9. The number of aliphatic hydroxyl groups excluding tert-OH is 1. The lowest BCUT2D eigenvalue weighted by molar-refractivity contribution is -0.166. The summed E-state index contributed by atoms with van der Waals surface area (Å²) in [5.41, 5.74) is -2.23. The van der Waals surface area contributed by atoms with E-state index >= 15 is 0 Å². The van der Waals surface area contributed by atoms with E-state index in [1.165, 1.54) is 27.7 Å². The zero-order valence-corrected chi connectivity index (χ0v) is 23.6. The normalized spacial score (nSPS) is 45.9. The van der Waals surface area contributed by atoms with Crippen molar-refractivity contribution in [3.8, 4) is 0 Å². The summed E-state index contributed by atoms with van der Waals surface area (Å²) in [6.07, 6.45) is -2.22. The van der Waals surface area contributed by atoms with Crippen LogP contribution >= 0.6 is 0 Å². The Hall–Kier alpha value is -2.46. The molecule has 11 unspecified atom stereocenters. The molecule has 2 saturated carbocycles. The van der Waals surface area contributed by atoms with Gasteiger partial charge in [-0.25, -0.2) is 0 Å². The maximum atomic E-state index is 12.3. The first-order valence-electron chi connectivity index (χ1n) is 13.3. The minimum Gasteiger partial charge on any atom is -0.462 e. The van der Waals surface area contributed by atoms with Gasteiger partial charge in [0.25, 0.3) is 0 Å². The second-order valence-electron chi connectivity index (χ2n) is 12.2. The lowest BCUT2D eigenvalue weighted by atomic mass is 9.79. The van der Waals surface area contributed by atoms with Crippen LogP contribution in [0, 0.1) is 29.1 Å². The number of ether oxygens (including phenoxy) is 5. The Morgan fingerprint density at radius 2 is 1.37 bits per heavy atom. The van der Waals surface area contributed by atoms with Crippen LogP contribution in [0.5, 0.6) is 0 Å². The highest BCUT2D eigenvalue weighted by atomic mass is 16.7. The Morgan fingerprint density at radius 3 is 1.89 bits per heavy atom. The molecule has 10 heteroatoms. The van der Waals surface area contributed by atoms with Crippen molar-refractivity contribution in [3.63, 3.8) is 0 Å². The Balaban J connectivity index is 1.93. The van der Waals surface area contributed by atoms with E-state index in [2.05, 4.69) is 0 Å². The van der Waals surface area contributed by atoms with Crippen molar-refractivity contribution in [2.24, 2.45) is 29.1 Å². The summed E-state index contributed by atoms with van der Waals surface area (Å²) in [6, 6.07) is 0. The lowest BCUT2D eigenvalue weighted by Crippen LogP contribution is -2.46. The van der Waals surface area contributed by atoms with Gasteiger partial charge >= 0.3 is 23.9 Å². The van der Waals surface area contributed by atoms with Crippen molar-refractivity contribution in [2.75, 3.05) is 0 Å². The molecule has 0 bridgehead atoms. The van der Waals surface area contributed by atoms with Crippen molar-refractivity contribution in [2.45, 2.75) is 110 Å². The second-order valence-corrected chi connectivity index (χ2v) is 12.2. The topological polar surface area (TPSA) is 138 Å². The molecule has 212 valence electrons. The van der Waals surface area contributed by atoms with Crippen LogP contribution in [0.1, 0.15) is 68.7 Å². The number of carbonyl (C=O) groups excluding carboxylic acids is 4. The van der Waals surface area contributed by atoms with E-state index in [9.17, 15) is 24.3 Å². The molecule has 3 aliphatic carbocycles. The fraction of sp³-hybridized carbons (Fsp3) is 0.786. The van der Waals surface area contributed by atoms with E-state index in [4.69, 9.17) is 23.7 Å². The Labute approximate surface area is 223 Å². The van der Waals surface area contributed by atoms with E-state index in [1.807, 2.05) is 27.7 Å². The highest BCUT2D eigenvalue weighted by Crippen LogP contribution is 2.69. The number of epoxide rings is 1. The maximum absolute atomic E-state index is 12.3. The molecule has 11 atom stereocenters. The second kappa shape index (κ2) is 9.33. The van der Waals surface area contributed by atoms with Crippen molar-refractivity contribution in [1.29, 1.82) is 0 Å². The first-order chi connectivity index (χ1) is 17.5. The summed E-state index contributed by atoms with van der Waals surface area (Å²) in [7, 11) is 0. The molecular weight excluding hydrogens is 496 g/mol. The Kier molecular flexibility index (Phi) is 7.01. The molecule has 10 nitrogen and oxygen atoms in total. The van der Waals surface area contributed by atoms with E-state index in [-0.39, 0.29) is 17.8 Å². The summed E-state index contributed by atoms with van der Waals surface area (Å²) in [4.78, 5) is 48.9. The number of hydrogen-bond acceptors (Lipinski definition) is 10. The van der Waals surface area contributed by atoms with Crippen molar-refractivity contribution < 1.29 is 48.0 Å². The third-order valence-electron chi connectivity index (χ3n) is 9.11. The van der Waals surface area contributed by atoms with Crippen LogP contribution in [-0.4, -0.2) is 70.7 Å². The van der Waals surface area contributed by atoms with Gasteiger partial charge in [0.1, 0.15) is 23.9 Å². The third-order valence-corrected chi connectivity index (χ3v) is 9.11. The van der Waals surface area contributed by atoms with Crippen molar-refractivity contribution in [1.82, 2.24) is 0 Å². The summed E-state index contributed by atoms with van der Waals surface area (Å²) >= 11 is 0. The molecule has 1 saturated heterocycles. The smallest absolute Gasteiger partial charge is 0.303 e. The molecule has 0 aromatic carbocycles. The quantitative estimate of drug-likeness (QED) is 0.247. The molecule has 4 rings (SSSR count). The zero-order chi connectivity index (χ0) is 28.5. The predicted octanol–water partition coefficient (Wildman–Crippen LogP) is 2.49. The minimum atomic E-state index is -1.19. The Morgan fingerprint density at radius 1 is 0.868 bits per heavy atom. The van der Waals surface area contributed by atoms with Gasteiger partial charge in [-0.2, -0.15) is 0 Å². The number of carbonyl (C=O) groups is 4. The van der Waals surface area contributed by atoms with Crippen LogP contribution in [0.2, 0.25) is 0 Å². The van der Waals surface area contributed by atoms with Gasteiger partial charge in [0.2, 0.25) is 0 Å². The molecule has 1 heterocycles. The van der Waals surface area contributed by atoms with Gasteiger partial charge in [0.15, 0.2) is 11.7 Å². The summed E-state index contributed by atoms with van der Waals surface area (Å²) in [6.45, 7) is 14.7. The van der Waals surface area contributed by atoms with Crippen molar-refractivity contribution >= 4 is 23.9 Å². The SMILES string of the molecule is CC(=O)OC1/C(C)=C\C23OC2(CC(C)C3OC(C)=O)C(O)C(C)C(OC(C)=O)C2C(C1OC(C)=O)C2(C)C. The predicted molar refractivity (Wildman–Crippen MR) is 132 cm³/mol. The van der Waals surface area contributed by atoms with Crippen LogP contribution in [0.4, 0.5) is 0 Å². The molecule has 4 aliphatic rings. The average Bonchev–Trinajstić information content (AvgIpc) is 3.56. The van der Waals surface area contributed by atoms with Crippen molar-refractivity contribution in [3.05, 3.63) is 11.6 Å². The third kappa shape index (κ3) is 4.33. The molecular formula is C28H40O10. The Bertz CT molecular complexity index is 1060. The zero-order valence-electron chi connectivity index (χ0n) is 23.6. The first kappa shape index (κ1) is 28.5. The molecule has 38 heavy (non-hydrogen) atoms. The van der Waals surface area contributed by atoms with Gasteiger partial charge in [-0.1, -0.05) is 27.7 Å². The van der Waals surface area contributed by atoms with Gasteiger partial charge in [0.05, 0.1) is 6.10 Å². The van der Waals surface area contributed by atoms with Gasteiger partial charge in [0, 0.05) is 45.4 Å². The van der Waals surface area contributed by atoms with Gasteiger partial charge in [-0.15, -0.1) is 0 Å². The fourth-order valence-electron chi connectivity index (χ4n) is 7.62. The standard InChI is InChI=1S/C28H40O10/c1-12-10-28-25(37-18(7)32)13(2)11-27(28,38-28)24(33)14(3)22(35-16(5)30)19-20(26(19,8)9)23(36-17(6)31)21(12)34-15(4)29/h10,13-14,19-25,33H,11H2,1-9H3/b12-10-. The highest BCUT2D eigenvalue weighted by Gasteiger charge is 2.83. The highest BCUT2D eigenvalue weighted by molar-refractivity contribution is 5.69. The fourth-order valence-corrected chi connectivity index (χ4v) is 7.62. The summed E-state index contributed by atoms with van der Waals surface area (Å²) < 4.78 is 29.6. The van der Waals surface area contributed by atoms with E-state index in [0.29, 0.717) is 12.0 Å². The number of aliphatic hydroxyl groups is 1. The van der Waals surface area contributed by atoms with Gasteiger partial charge in [-0.3, -0.25) is 19.2 Å². The minimum absolute atomic E-state index is 0.157. The van der Waals surface area contributed by atoms with E-state index < -0.39 is 76.9 Å². The molecule has 0 amide bonds. The average molecular weight is 537 g/mol. The number of esters is 4. The lowest BCUT2D eigenvalue weighted by Gasteiger charge is -2.32. The first-order valence-corrected chi connectivity index (χ1v) is 13.3. The number of rotatable bonds is 4. The molecule has 1 N–H and O–H groups in total. The maximum Gasteiger partial charge on any atom is 0.303 e. The number of fused-ring (bicyclic) bond motifs is 1. The molecule has 0 radical (unpaired) electrons. The van der Waals surface area contributed by atoms with Gasteiger partial charge in [-0.05, 0) is 36.3 Å². The van der Waals surface area contributed by atoms with Gasteiger partial charge < -0.3 is 28.8 Å². The summed E-state index contributed by atoms with van der Waals surface area (Å²) in [5.74, 6) is -3.48. The molecule has 1 aliphatic heterocycles. The van der Waals surface area contributed by atoms with E-state index in [1.54, 1.807) is 13.0 Å². The van der Waals surface area contributed by atoms with Crippen LogP contribution in [0.15, 0.2) is 11.6 Å². The molecule has 0 aromatic rings. The van der Waals surface area contributed by atoms with E-state index in [0.717, 1.165) is 0 Å². The largest absolute Gasteiger partial charge is 0.462 e.